The summed E-state index contributed by atoms with van der Waals surface area (Å²) in [7, 11) is 0. The Bertz CT molecular complexity index is 425. The molecule has 2 bridgehead atoms. The molecule has 1 amide bonds. The summed E-state index contributed by atoms with van der Waals surface area (Å²) in [5.74, 6) is 0.236. The van der Waals surface area contributed by atoms with Crippen molar-refractivity contribution >= 4 is 52.2 Å². The van der Waals surface area contributed by atoms with E-state index in [1.54, 1.807) is 11.3 Å². The second-order valence-electron chi connectivity index (χ2n) is 4.73. The van der Waals surface area contributed by atoms with Gasteiger partial charge in [-0.2, -0.15) is 0 Å². The molecule has 2 aliphatic heterocycles. The van der Waals surface area contributed by atoms with E-state index in [1.807, 2.05) is 11.4 Å². The summed E-state index contributed by atoms with van der Waals surface area (Å²) >= 11 is 3.92. The smallest absolute Gasteiger partial charge is 0.255 e. The van der Waals surface area contributed by atoms with Crippen LogP contribution < -0.4 is 5.32 Å². The molecule has 2 fully saturated rings. The lowest BCUT2D eigenvalue weighted by Crippen LogP contribution is -2.42. The van der Waals surface area contributed by atoms with Crippen LogP contribution >= 0.6 is 46.3 Å². The van der Waals surface area contributed by atoms with E-state index in [9.17, 15) is 4.79 Å². The van der Waals surface area contributed by atoms with Crippen LogP contribution in [0.1, 0.15) is 29.6 Å². The van der Waals surface area contributed by atoms with Gasteiger partial charge >= 0.3 is 0 Å². The lowest BCUT2D eigenvalue weighted by Gasteiger charge is -2.27. The maximum Gasteiger partial charge on any atom is 0.255 e. The first-order chi connectivity index (χ1) is 8.25. The predicted molar refractivity (Wildman–Crippen MR) is 84.8 cm³/mol. The fourth-order valence-corrected chi connectivity index (χ4v) is 4.21. The van der Waals surface area contributed by atoms with Crippen molar-refractivity contribution in [1.82, 2.24) is 10.2 Å². The number of halogens is 2. The lowest BCUT2D eigenvalue weighted by atomic mass is 10.1. The standard InChI is InChI=1S/C12H15IN2OS.ClH/c13-11-5-8(7-17-11)12(16)15-9-1-2-10(15)6-14-4-3-9;/h5,7,9-10,14H,1-4,6H2;1H. The number of amides is 1. The highest BCUT2D eigenvalue weighted by molar-refractivity contribution is 14.1. The van der Waals surface area contributed by atoms with E-state index < -0.39 is 0 Å². The van der Waals surface area contributed by atoms with Crippen molar-refractivity contribution in [2.75, 3.05) is 13.1 Å². The number of hydrogen-bond donors (Lipinski definition) is 1. The number of nitrogens with zero attached hydrogens (tertiary/aromatic N) is 1. The van der Waals surface area contributed by atoms with E-state index in [0.717, 1.165) is 31.5 Å². The molecule has 1 aromatic rings. The highest BCUT2D eigenvalue weighted by atomic mass is 127. The van der Waals surface area contributed by atoms with Crippen molar-refractivity contribution in [2.45, 2.75) is 31.3 Å². The van der Waals surface area contributed by atoms with Crippen molar-refractivity contribution in [3.63, 3.8) is 0 Å². The van der Waals surface area contributed by atoms with E-state index >= 15 is 0 Å². The van der Waals surface area contributed by atoms with Crippen molar-refractivity contribution in [2.24, 2.45) is 0 Å². The molecule has 1 aromatic heterocycles. The van der Waals surface area contributed by atoms with Gasteiger partial charge in [0.15, 0.2) is 0 Å². The number of thiophene rings is 1. The van der Waals surface area contributed by atoms with Crippen LogP contribution in [0, 0.1) is 2.88 Å². The maximum atomic E-state index is 12.5. The topological polar surface area (TPSA) is 32.3 Å². The zero-order valence-corrected chi connectivity index (χ0v) is 13.7. The van der Waals surface area contributed by atoms with Crippen LogP contribution in [-0.2, 0) is 0 Å². The normalized spacial score (nSPS) is 26.6. The van der Waals surface area contributed by atoms with Crippen LogP contribution in [0.15, 0.2) is 11.4 Å². The lowest BCUT2D eigenvalue weighted by molar-refractivity contribution is 0.0681. The minimum absolute atomic E-state index is 0. The van der Waals surface area contributed by atoms with E-state index in [4.69, 9.17) is 0 Å². The fourth-order valence-electron chi connectivity index (χ4n) is 2.89. The first kappa shape index (κ1) is 14.6. The number of carbonyl (C=O) groups is 1. The maximum absolute atomic E-state index is 12.5. The Hall–Kier alpha value is 0.150. The zero-order valence-electron chi connectivity index (χ0n) is 9.89. The van der Waals surface area contributed by atoms with E-state index in [2.05, 4.69) is 32.8 Å². The molecule has 0 radical (unpaired) electrons. The van der Waals surface area contributed by atoms with Crippen molar-refractivity contribution in [3.05, 3.63) is 19.9 Å². The second-order valence-corrected chi connectivity index (χ2v) is 7.54. The molecule has 1 N–H and O–H groups in total. The van der Waals surface area contributed by atoms with Gasteiger partial charge in [0.05, 0.1) is 8.45 Å². The summed E-state index contributed by atoms with van der Waals surface area (Å²) in [6.07, 6.45) is 3.44. The first-order valence-electron chi connectivity index (χ1n) is 6.03. The molecule has 100 valence electrons. The van der Waals surface area contributed by atoms with E-state index in [0.29, 0.717) is 12.1 Å². The van der Waals surface area contributed by atoms with Crippen LogP contribution in [-0.4, -0.2) is 36.0 Å². The second kappa shape index (κ2) is 6.07. The molecule has 2 atom stereocenters. The zero-order chi connectivity index (χ0) is 11.8. The number of fused-ring (bicyclic) bond motifs is 2. The summed E-state index contributed by atoms with van der Waals surface area (Å²) in [4.78, 5) is 14.7. The molecular formula is C12H16ClIN2OS. The summed E-state index contributed by atoms with van der Waals surface area (Å²) in [5, 5.41) is 5.42. The Morgan fingerprint density at radius 2 is 2.17 bits per heavy atom. The third-order valence-electron chi connectivity index (χ3n) is 3.70. The third kappa shape index (κ3) is 2.69. The summed E-state index contributed by atoms with van der Waals surface area (Å²) in [6, 6.07) is 2.87. The molecule has 18 heavy (non-hydrogen) atoms. The molecule has 0 aliphatic carbocycles. The van der Waals surface area contributed by atoms with Crippen LogP contribution in [0.2, 0.25) is 0 Å². The molecule has 6 heteroatoms. The Kier molecular flexibility index (Phi) is 4.91. The van der Waals surface area contributed by atoms with E-state index in [-0.39, 0.29) is 18.3 Å². The molecule has 3 heterocycles. The van der Waals surface area contributed by atoms with Crippen molar-refractivity contribution < 1.29 is 4.79 Å². The molecule has 0 saturated carbocycles. The molecular weight excluding hydrogens is 383 g/mol. The summed E-state index contributed by atoms with van der Waals surface area (Å²) in [6.45, 7) is 2.01. The van der Waals surface area contributed by atoms with Crippen LogP contribution in [0.5, 0.6) is 0 Å². The van der Waals surface area contributed by atoms with Gasteiger partial charge in [-0.05, 0) is 54.5 Å². The molecule has 0 aromatic carbocycles. The molecule has 2 saturated heterocycles. The Morgan fingerprint density at radius 3 is 2.89 bits per heavy atom. The average Bonchev–Trinajstić information content (AvgIpc) is 2.81. The van der Waals surface area contributed by atoms with Gasteiger partial charge in [-0.25, -0.2) is 0 Å². The largest absolute Gasteiger partial charge is 0.331 e. The fraction of sp³-hybridized carbons (Fsp3) is 0.583. The van der Waals surface area contributed by atoms with Gasteiger partial charge in [0.25, 0.3) is 5.91 Å². The Balaban J connectivity index is 0.00000120. The van der Waals surface area contributed by atoms with Gasteiger partial charge in [-0.3, -0.25) is 4.79 Å². The molecule has 2 aliphatic rings. The van der Waals surface area contributed by atoms with Gasteiger partial charge < -0.3 is 10.2 Å². The number of rotatable bonds is 1. The van der Waals surface area contributed by atoms with Crippen LogP contribution in [0.3, 0.4) is 0 Å². The molecule has 3 rings (SSSR count). The number of nitrogens with one attached hydrogen (secondary N) is 1. The van der Waals surface area contributed by atoms with Gasteiger partial charge in [-0.1, -0.05) is 0 Å². The SMILES string of the molecule is Cl.O=C(c1csc(I)c1)N1C2CCNCC1CC2. The highest BCUT2D eigenvalue weighted by Gasteiger charge is 2.38. The van der Waals surface area contributed by atoms with Crippen LogP contribution in [0.4, 0.5) is 0 Å². The van der Waals surface area contributed by atoms with Gasteiger partial charge in [0.2, 0.25) is 0 Å². The highest BCUT2D eigenvalue weighted by Crippen LogP contribution is 2.30. The van der Waals surface area contributed by atoms with Crippen LogP contribution in [0.25, 0.3) is 0 Å². The minimum Gasteiger partial charge on any atom is -0.331 e. The van der Waals surface area contributed by atoms with Gasteiger partial charge in [-0.15, -0.1) is 23.7 Å². The minimum atomic E-state index is 0. The van der Waals surface area contributed by atoms with Crippen molar-refractivity contribution in [1.29, 1.82) is 0 Å². The molecule has 0 spiro atoms. The first-order valence-corrected chi connectivity index (χ1v) is 7.99. The quantitative estimate of drug-likeness (QED) is 0.738. The molecule has 3 nitrogen and oxygen atoms in total. The Labute approximate surface area is 131 Å². The van der Waals surface area contributed by atoms with Gasteiger partial charge in [0.1, 0.15) is 0 Å². The van der Waals surface area contributed by atoms with Gasteiger partial charge in [0, 0.05) is 24.0 Å². The monoisotopic (exact) mass is 398 g/mol. The average molecular weight is 399 g/mol. The van der Waals surface area contributed by atoms with E-state index in [1.165, 1.54) is 9.30 Å². The number of carbonyl (C=O) groups excluding carboxylic acids is 1. The predicted octanol–water partition coefficient (Wildman–Crippen LogP) is 2.74. The summed E-state index contributed by atoms with van der Waals surface area (Å²) < 4.78 is 1.19. The molecule has 2 unspecified atom stereocenters. The summed E-state index contributed by atoms with van der Waals surface area (Å²) in [5.41, 5.74) is 0.873. The van der Waals surface area contributed by atoms with Crippen molar-refractivity contribution in [3.8, 4) is 0 Å². The number of hydrogen-bond acceptors (Lipinski definition) is 3. The third-order valence-corrected chi connectivity index (χ3v) is 5.49. The Morgan fingerprint density at radius 1 is 1.39 bits per heavy atom.